The third-order valence-corrected chi connectivity index (χ3v) is 2.00. The minimum atomic E-state index is -1.19. The molecule has 0 aliphatic rings. The quantitative estimate of drug-likeness (QED) is 0.405. The van der Waals surface area contributed by atoms with Crippen molar-refractivity contribution in [2.45, 2.75) is 6.42 Å². The number of carbonyl (C=O) groups excluding carboxylic acids is 1. The van der Waals surface area contributed by atoms with Crippen molar-refractivity contribution >= 4 is 29.1 Å². The van der Waals surface area contributed by atoms with E-state index in [9.17, 15) is 9.59 Å². The summed E-state index contributed by atoms with van der Waals surface area (Å²) in [6.45, 7) is 0. The number of hydrogen-bond donors (Lipinski definition) is 3. The van der Waals surface area contributed by atoms with Crippen molar-refractivity contribution in [3.8, 4) is 0 Å². The number of carboxylic acids is 1. The summed E-state index contributed by atoms with van der Waals surface area (Å²) in [5, 5.41) is 8.34. The van der Waals surface area contributed by atoms with Crippen LogP contribution in [0.4, 0.5) is 0 Å². The minimum absolute atomic E-state index is 0.333. The van der Waals surface area contributed by atoms with Gasteiger partial charge in [0.1, 0.15) is 11.4 Å². The molecule has 0 radical (unpaired) electrons. The van der Waals surface area contributed by atoms with Gasteiger partial charge in [0.15, 0.2) is 0 Å². The topological polar surface area (TPSA) is 78.4 Å². The van der Waals surface area contributed by atoms with Crippen LogP contribution in [0, 0.1) is 0 Å². The van der Waals surface area contributed by atoms with Crippen LogP contribution >= 0.6 is 12.2 Å². The highest BCUT2D eigenvalue weighted by Gasteiger charge is 2.07. The van der Waals surface area contributed by atoms with Gasteiger partial charge < -0.3 is 5.11 Å². The van der Waals surface area contributed by atoms with Crippen LogP contribution in [0.5, 0.6) is 0 Å². The third kappa shape index (κ3) is 4.05. The average Bonchev–Trinajstić information content (AvgIpc) is 2.26. The van der Waals surface area contributed by atoms with Crippen molar-refractivity contribution in [3.05, 3.63) is 35.9 Å². The lowest BCUT2D eigenvalue weighted by atomic mass is 10.2. The number of thiocarbonyl (C=S) groups is 1. The summed E-state index contributed by atoms with van der Waals surface area (Å²) in [6, 6.07) is 9.01. The first-order chi connectivity index (χ1) is 7.59. The maximum atomic E-state index is 11.0. The molecule has 0 atom stereocenters. The van der Waals surface area contributed by atoms with Crippen molar-refractivity contribution in [2.24, 2.45) is 0 Å². The smallest absolute Gasteiger partial charge is 0.312 e. The number of hydrogen-bond acceptors (Lipinski definition) is 3. The molecule has 0 fully saturated rings. The third-order valence-electron chi connectivity index (χ3n) is 1.66. The monoisotopic (exact) mass is 238 g/mol. The maximum absolute atomic E-state index is 11.0. The van der Waals surface area contributed by atoms with E-state index in [1.807, 2.05) is 18.2 Å². The van der Waals surface area contributed by atoms with E-state index in [2.05, 4.69) is 10.9 Å². The van der Waals surface area contributed by atoms with Gasteiger partial charge in [-0.15, -0.1) is 0 Å². The van der Waals surface area contributed by atoms with Gasteiger partial charge in [-0.05, 0) is 0 Å². The molecule has 0 saturated heterocycles. The molecule has 1 aromatic carbocycles. The molecule has 0 heterocycles. The number of rotatable bonds is 3. The van der Waals surface area contributed by atoms with Crippen LogP contribution in [0.25, 0.3) is 0 Å². The molecule has 1 rings (SSSR count). The van der Waals surface area contributed by atoms with Crippen LogP contribution in [0.3, 0.4) is 0 Å². The Labute approximate surface area is 97.4 Å². The summed E-state index contributed by atoms with van der Waals surface area (Å²) in [5.74, 6) is -1.84. The van der Waals surface area contributed by atoms with Crippen molar-refractivity contribution in [1.82, 2.24) is 10.9 Å². The summed E-state index contributed by atoms with van der Waals surface area (Å²) in [7, 11) is 0. The second kappa shape index (κ2) is 5.82. The van der Waals surface area contributed by atoms with Crippen molar-refractivity contribution < 1.29 is 14.7 Å². The zero-order chi connectivity index (χ0) is 12.0. The molecule has 0 aliphatic carbocycles. The number of carbonyl (C=O) groups is 2. The summed E-state index contributed by atoms with van der Waals surface area (Å²) < 4.78 is 0. The van der Waals surface area contributed by atoms with Gasteiger partial charge in [0.25, 0.3) is 0 Å². The predicted molar refractivity (Wildman–Crippen MR) is 61.7 cm³/mol. The highest BCUT2D eigenvalue weighted by Crippen LogP contribution is 1.98. The van der Waals surface area contributed by atoms with Crippen LogP contribution < -0.4 is 10.9 Å². The van der Waals surface area contributed by atoms with E-state index in [-0.39, 0.29) is 0 Å². The highest BCUT2D eigenvalue weighted by molar-refractivity contribution is 7.80. The fourth-order valence-electron chi connectivity index (χ4n) is 0.970. The first-order valence-corrected chi connectivity index (χ1v) is 4.86. The zero-order valence-corrected chi connectivity index (χ0v) is 9.08. The Bertz CT molecular complexity index is 406. The summed E-state index contributed by atoms with van der Waals surface area (Å²) in [5.41, 5.74) is 5.42. The van der Waals surface area contributed by atoms with Crippen LogP contribution in [-0.4, -0.2) is 22.0 Å². The maximum Gasteiger partial charge on any atom is 0.312 e. The van der Waals surface area contributed by atoms with Gasteiger partial charge in [0.2, 0.25) is 5.91 Å². The molecular weight excluding hydrogens is 228 g/mol. The van der Waals surface area contributed by atoms with Gasteiger partial charge in [-0.25, -0.2) is 0 Å². The SMILES string of the molecule is O=C(O)CC(=O)NNC(=S)c1ccccc1. The van der Waals surface area contributed by atoms with Crippen molar-refractivity contribution in [1.29, 1.82) is 0 Å². The molecular formula is C10H10N2O3S. The van der Waals surface area contributed by atoms with Crippen LogP contribution in [0.15, 0.2) is 30.3 Å². The number of aliphatic carboxylic acids is 1. The molecule has 0 spiro atoms. The molecule has 0 bridgehead atoms. The molecule has 0 aliphatic heterocycles. The number of nitrogens with one attached hydrogen (secondary N) is 2. The second-order valence-corrected chi connectivity index (χ2v) is 3.35. The Hall–Kier alpha value is -1.95. The fourth-order valence-corrected chi connectivity index (χ4v) is 1.16. The van der Waals surface area contributed by atoms with Gasteiger partial charge in [-0.3, -0.25) is 20.4 Å². The zero-order valence-electron chi connectivity index (χ0n) is 8.27. The lowest BCUT2D eigenvalue weighted by Gasteiger charge is -2.08. The van der Waals surface area contributed by atoms with E-state index in [1.54, 1.807) is 12.1 Å². The molecule has 1 aromatic rings. The van der Waals surface area contributed by atoms with Crippen molar-refractivity contribution in [2.75, 3.05) is 0 Å². The number of amides is 1. The Morgan fingerprint density at radius 2 is 1.81 bits per heavy atom. The summed E-state index contributed by atoms with van der Waals surface area (Å²) in [4.78, 5) is 21.5. The van der Waals surface area contributed by atoms with Crippen LogP contribution in [0.1, 0.15) is 12.0 Å². The van der Waals surface area contributed by atoms with E-state index >= 15 is 0 Å². The molecule has 6 heteroatoms. The molecule has 0 saturated carbocycles. The van der Waals surface area contributed by atoms with E-state index < -0.39 is 18.3 Å². The van der Waals surface area contributed by atoms with E-state index in [0.29, 0.717) is 4.99 Å². The lowest BCUT2D eigenvalue weighted by molar-refractivity contribution is -0.140. The second-order valence-electron chi connectivity index (χ2n) is 2.94. The average molecular weight is 238 g/mol. The van der Waals surface area contributed by atoms with Gasteiger partial charge in [-0.2, -0.15) is 0 Å². The predicted octanol–water partition coefficient (Wildman–Crippen LogP) is 0.458. The standard InChI is InChI=1S/C10H10N2O3S/c13-8(6-9(14)15)11-12-10(16)7-4-2-1-3-5-7/h1-5H,6H2,(H,11,13)(H,12,16)(H,14,15). The van der Waals surface area contributed by atoms with Gasteiger partial charge in [0, 0.05) is 5.56 Å². The molecule has 84 valence electrons. The number of carboxylic acid groups (broad SMARTS) is 1. The number of benzene rings is 1. The first kappa shape index (κ1) is 12.1. The summed E-state index contributed by atoms with van der Waals surface area (Å²) >= 11 is 4.98. The first-order valence-electron chi connectivity index (χ1n) is 4.45. The Morgan fingerprint density at radius 1 is 1.19 bits per heavy atom. The van der Waals surface area contributed by atoms with Crippen LogP contribution in [0.2, 0.25) is 0 Å². The lowest BCUT2D eigenvalue weighted by Crippen LogP contribution is -2.41. The number of hydrazine groups is 1. The Kier molecular flexibility index (Phi) is 4.41. The normalized spacial score (nSPS) is 9.25. The van der Waals surface area contributed by atoms with Crippen molar-refractivity contribution in [3.63, 3.8) is 0 Å². The molecule has 16 heavy (non-hydrogen) atoms. The Balaban J connectivity index is 2.42. The molecule has 1 amide bonds. The Morgan fingerprint density at radius 3 is 2.38 bits per heavy atom. The van der Waals surface area contributed by atoms with E-state index in [0.717, 1.165) is 5.56 Å². The summed E-state index contributed by atoms with van der Waals surface area (Å²) in [6.07, 6.45) is -0.593. The largest absolute Gasteiger partial charge is 0.481 e. The van der Waals surface area contributed by atoms with E-state index in [1.165, 1.54) is 0 Å². The van der Waals surface area contributed by atoms with Crippen LogP contribution in [-0.2, 0) is 9.59 Å². The van der Waals surface area contributed by atoms with Gasteiger partial charge >= 0.3 is 5.97 Å². The molecule has 3 N–H and O–H groups in total. The fraction of sp³-hybridized carbons (Fsp3) is 0.100. The highest BCUT2D eigenvalue weighted by atomic mass is 32.1. The molecule has 0 unspecified atom stereocenters. The minimum Gasteiger partial charge on any atom is -0.481 e. The van der Waals surface area contributed by atoms with E-state index in [4.69, 9.17) is 17.3 Å². The molecule has 0 aromatic heterocycles. The van der Waals surface area contributed by atoms with Gasteiger partial charge in [0.05, 0.1) is 0 Å². The molecule has 5 nitrogen and oxygen atoms in total. The van der Waals surface area contributed by atoms with Gasteiger partial charge in [-0.1, -0.05) is 42.5 Å².